The minimum absolute atomic E-state index is 0.0369. The lowest BCUT2D eigenvalue weighted by Crippen LogP contribution is -2.47. The van der Waals surface area contributed by atoms with Crippen molar-refractivity contribution in [1.29, 1.82) is 0 Å². The molecule has 0 aliphatic heterocycles. The van der Waals surface area contributed by atoms with Gasteiger partial charge in [0, 0.05) is 11.5 Å². The van der Waals surface area contributed by atoms with Crippen molar-refractivity contribution in [2.75, 3.05) is 14.1 Å². The molecule has 3 N–H and O–H groups in total. The number of rotatable bonds is 3. The van der Waals surface area contributed by atoms with Crippen molar-refractivity contribution in [3.05, 3.63) is 35.9 Å². The number of imide groups is 1. The normalized spacial score (nSPS) is 25.6. The number of hydrogen-bond acceptors (Lipinski definition) is 3. The highest BCUT2D eigenvalue weighted by molar-refractivity contribution is 5.94. The molecule has 1 fully saturated rings. The van der Waals surface area contributed by atoms with Crippen LogP contribution in [0.3, 0.4) is 0 Å². The first-order chi connectivity index (χ1) is 9.95. The van der Waals surface area contributed by atoms with Gasteiger partial charge in [-0.2, -0.15) is 0 Å². The maximum absolute atomic E-state index is 11.9. The first-order valence-corrected chi connectivity index (χ1v) is 7.29. The first-order valence-electron chi connectivity index (χ1n) is 7.29. The minimum Gasteiger partial charge on any atom is -0.351 e. The topological polar surface area (TPSA) is 75.4 Å². The predicted octanol–water partition coefficient (Wildman–Crippen LogP) is 1.83. The molecular weight excluding hydrogens is 266 g/mol. The summed E-state index contributed by atoms with van der Waals surface area (Å²) in [5.74, 6) is -0.378. The van der Waals surface area contributed by atoms with Crippen molar-refractivity contribution in [1.82, 2.24) is 10.2 Å². The van der Waals surface area contributed by atoms with E-state index < -0.39 is 6.03 Å². The number of nitrogens with one attached hydrogen (secondary N) is 1. The van der Waals surface area contributed by atoms with Gasteiger partial charge in [0.05, 0.1) is 0 Å². The minimum atomic E-state index is -0.771. The van der Waals surface area contributed by atoms with E-state index in [4.69, 9.17) is 5.73 Å². The molecule has 0 heterocycles. The van der Waals surface area contributed by atoms with E-state index in [2.05, 4.69) is 36.4 Å². The lowest BCUT2D eigenvalue weighted by Gasteiger charge is -2.45. The largest absolute Gasteiger partial charge is 0.351 e. The van der Waals surface area contributed by atoms with Crippen molar-refractivity contribution < 1.29 is 9.59 Å². The van der Waals surface area contributed by atoms with E-state index in [1.807, 2.05) is 18.2 Å². The molecule has 0 unspecified atom stereocenters. The fraction of sp³-hybridized carbons (Fsp3) is 0.500. The van der Waals surface area contributed by atoms with Gasteiger partial charge in [-0.05, 0) is 45.3 Å². The fourth-order valence-corrected chi connectivity index (χ4v) is 3.32. The molecule has 2 rings (SSSR count). The number of primary amides is 1. The molecular formula is C16H23N3O2. The molecule has 3 amide bonds. The number of urea groups is 1. The Kier molecular flexibility index (Phi) is 4.63. The summed E-state index contributed by atoms with van der Waals surface area (Å²) in [7, 11) is 4.16. The van der Waals surface area contributed by atoms with Gasteiger partial charge < -0.3 is 5.73 Å². The molecule has 1 aromatic carbocycles. The Morgan fingerprint density at radius 2 is 1.76 bits per heavy atom. The van der Waals surface area contributed by atoms with E-state index in [1.165, 1.54) is 5.56 Å². The molecule has 5 heteroatoms. The van der Waals surface area contributed by atoms with E-state index in [1.54, 1.807) is 0 Å². The van der Waals surface area contributed by atoms with E-state index in [9.17, 15) is 9.59 Å². The molecule has 114 valence electrons. The third kappa shape index (κ3) is 3.24. The summed E-state index contributed by atoms with van der Waals surface area (Å²) in [5.41, 5.74) is 6.26. The van der Waals surface area contributed by atoms with E-state index in [0.29, 0.717) is 0 Å². The van der Waals surface area contributed by atoms with Gasteiger partial charge in [-0.15, -0.1) is 0 Å². The average Bonchev–Trinajstić information content (AvgIpc) is 2.47. The average molecular weight is 289 g/mol. The number of nitrogens with zero attached hydrogens (tertiary/aromatic N) is 1. The standard InChI is InChI=1S/C16H23N3O2/c1-19(2)16(13-6-4-3-5-7-13)10-8-12(9-11-16)14(20)18-15(17)21/h3-7,12H,8-11H2,1-2H3,(H3,17,18,20,21). The quantitative estimate of drug-likeness (QED) is 0.891. The van der Waals surface area contributed by atoms with Gasteiger partial charge in [0.1, 0.15) is 0 Å². The van der Waals surface area contributed by atoms with Crippen LogP contribution < -0.4 is 11.1 Å². The van der Waals surface area contributed by atoms with Gasteiger partial charge in [0.15, 0.2) is 0 Å². The molecule has 0 atom stereocenters. The van der Waals surface area contributed by atoms with Crippen LogP contribution in [0.25, 0.3) is 0 Å². The second-order valence-corrected chi connectivity index (χ2v) is 5.92. The number of hydrogen-bond donors (Lipinski definition) is 2. The lowest BCUT2D eigenvalue weighted by molar-refractivity contribution is -0.125. The monoisotopic (exact) mass is 289 g/mol. The molecule has 1 aliphatic rings. The van der Waals surface area contributed by atoms with Gasteiger partial charge in [-0.3, -0.25) is 15.0 Å². The van der Waals surface area contributed by atoms with Gasteiger partial charge in [0.2, 0.25) is 5.91 Å². The van der Waals surface area contributed by atoms with Crippen LogP contribution in [-0.2, 0) is 10.3 Å². The third-order valence-corrected chi connectivity index (χ3v) is 4.60. The van der Waals surface area contributed by atoms with Gasteiger partial charge in [-0.25, -0.2) is 4.79 Å². The third-order valence-electron chi connectivity index (χ3n) is 4.60. The Labute approximate surface area is 125 Å². The molecule has 1 aromatic rings. The van der Waals surface area contributed by atoms with E-state index in [-0.39, 0.29) is 17.4 Å². The summed E-state index contributed by atoms with van der Waals surface area (Å²) >= 11 is 0. The van der Waals surface area contributed by atoms with Crippen LogP contribution in [0, 0.1) is 5.92 Å². The lowest BCUT2D eigenvalue weighted by atomic mass is 9.71. The number of nitrogens with two attached hydrogens (primary N) is 1. The summed E-state index contributed by atoms with van der Waals surface area (Å²) in [6.45, 7) is 0. The smallest absolute Gasteiger partial charge is 0.318 e. The van der Waals surface area contributed by atoms with Crippen molar-refractivity contribution in [3.8, 4) is 0 Å². The fourth-order valence-electron chi connectivity index (χ4n) is 3.32. The van der Waals surface area contributed by atoms with Crippen molar-refractivity contribution >= 4 is 11.9 Å². The summed E-state index contributed by atoms with van der Waals surface area (Å²) < 4.78 is 0. The molecule has 1 aliphatic carbocycles. The Morgan fingerprint density at radius 1 is 1.19 bits per heavy atom. The summed E-state index contributed by atoms with van der Waals surface area (Å²) in [6, 6.07) is 9.62. The van der Waals surface area contributed by atoms with Crippen molar-refractivity contribution in [2.24, 2.45) is 11.7 Å². The second kappa shape index (κ2) is 6.26. The summed E-state index contributed by atoms with van der Waals surface area (Å²) in [5, 5.41) is 2.20. The SMILES string of the molecule is CN(C)C1(c2ccccc2)CCC(C(=O)NC(N)=O)CC1. The Hall–Kier alpha value is -1.88. The highest BCUT2D eigenvalue weighted by Crippen LogP contribution is 2.42. The molecule has 21 heavy (non-hydrogen) atoms. The van der Waals surface area contributed by atoms with Gasteiger partial charge >= 0.3 is 6.03 Å². The molecule has 0 bridgehead atoms. The van der Waals surface area contributed by atoms with Gasteiger partial charge in [0.25, 0.3) is 0 Å². The van der Waals surface area contributed by atoms with Crippen LogP contribution in [0.15, 0.2) is 30.3 Å². The van der Waals surface area contributed by atoms with Crippen LogP contribution >= 0.6 is 0 Å². The van der Waals surface area contributed by atoms with Crippen LogP contribution in [0.5, 0.6) is 0 Å². The second-order valence-electron chi connectivity index (χ2n) is 5.92. The zero-order valence-corrected chi connectivity index (χ0v) is 12.6. The maximum atomic E-state index is 11.9. The van der Waals surface area contributed by atoms with Gasteiger partial charge in [-0.1, -0.05) is 30.3 Å². The first kappa shape index (κ1) is 15.5. The van der Waals surface area contributed by atoms with E-state index in [0.717, 1.165) is 25.7 Å². The molecule has 0 saturated heterocycles. The molecule has 0 aromatic heterocycles. The van der Waals surface area contributed by atoms with Crippen LogP contribution in [-0.4, -0.2) is 30.9 Å². The predicted molar refractivity (Wildman–Crippen MR) is 81.5 cm³/mol. The summed E-state index contributed by atoms with van der Waals surface area (Å²) in [4.78, 5) is 24.9. The highest BCUT2D eigenvalue weighted by atomic mass is 16.2. The molecule has 1 saturated carbocycles. The summed E-state index contributed by atoms with van der Waals surface area (Å²) in [6.07, 6.45) is 3.29. The van der Waals surface area contributed by atoms with E-state index >= 15 is 0 Å². The number of carbonyl (C=O) groups is 2. The van der Waals surface area contributed by atoms with Crippen LogP contribution in [0.2, 0.25) is 0 Å². The zero-order valence-electron chi connectivity index (χ0n) is 12.6. The molecule has 0 radical (unpaired) electrons. The number of amides is 3. The zero-order chi connectivity index (χ0) is 15.5. The Bertz CT molecular complexity index is 506. The highest BCUT2D eigenvalue weighted by Gasteiger charge is 2.40. The maximum Gasteiger partial charge on any atom is 0.318 e. The van der Waals surface area contributed by atoms with Crippen LogP contribution in [0.4, 0.5) is 4.79 Å². The number of carbonyl (C=O) groups excluding carboxylic acids is 2. The molecule has 0 spiro atoms. The van der Waals surface area contributed by atoms with Crippen molar-refractivity contribution in [2.45, 2.75) is 31.2 Å². The number of benzene rings is 1. The Morgan fingerprint density at radius 3 is 2.24 bits per heavy atom. The molecule has 5 nitrogen and oxygen atoms in total. The van der Waals surface area contributed by atoms with Crippen LogP contribution in [0.1, 0.15) is 31.2 Å². The van der Waals surface area contributed by atoms with Crippen molar-refractivity contribution in [3.63, 3.8) is 0 Å². The Balaban J connectivity index is 2.12.